The molecule has 260 valence electrons. The van der Waals surface area contributed by atoms with Crippen molar-refractivity contribution in [3.8, 4) is 0 Å². The number of carbonyl (C=O) groups excluding carboxylic acids is 2. The first kappa shape index (κ1) is 35.2. The van der Waals surface area contributed by atoms with Crippen LogP contribution in [0.4, 0.5) is 23.2 Å². The maximum absolute atomic E-state index is 15.5. The summed E-state index contributed by atoms with van der Waals surface area (Å²) in [7, 11) is 0. The fourth-order valence-corrected chi connectivity index (χ4v) is 8.60. The third-order valence-electron chi connectivity index (χ3n) is 8.82. The van der Waals surface area contributed by atoms with Crippen LogP contribution in [0.5, 0.6) is 0 Å². The number of halogens is 5. The highest BCUT2D eigenvalue weighted by Gasteiger charge is 2.42. The van der Waals surface area contributed by atoms with E-state index in [1.807, 2.05) is 24.3 Å². The number of hydrogen-bond donors (Lipinski definition) is 2. The third-order valence-corrected chi connectivity index (χ3v) is 11.3. The van der Waals surface area contributed by atoms with Gasteiger partial charge in [0.05, 0.1) is 41.7 Å². The molecule has 0 bridgehead atoms. The molecule has 16 heteroatoms. The number of rotatable bonds is 10. The Bertz CT molecular complexity index is 1860. The SMILES string of the molecule is O=C(O)CCc1cnc([C@@H]2C[C@H](N3CCN(CC(F)(F)F)CC3)CN2C(=O)Cc2cc(Cl)c(NC(=O)c3csc4ccccc34)cc2F)s1. The molecular formula is C33H32ClF4N5O4S2. The number of thiophene rings is 1. The van der Waals surface area contributed by atoms with E-state index < -0.39 is 36.5 Å². The minimum atomic E-state index is -4.28. The minimum absolute atomic E-state index is 0.0400. The molecule has 0 saturated carbocycles. The summed E-state index contributed by atoms with van der Waals surface area (Å²) in [6, 6.07) is 9.20. The average molecular weight is 738 g/mol. The number of nitrogens with zero attached hydrogens (tertiary/aromatic N) is 4. The summed E-state index contributed by atoms with van der Waals surface area (Å²) >= 11 is 9.21. The van der Waals surface area contributed by atoms with E-state index in [2.05, 4.69) is 15.2 Å². The molecule has 2 N–H and O–H groups in total. The van der Waals surface area contributed by atoms with Gasteiger partial charge in [0.15, 0.2) is 0 Å². The average Bonchev–Trinajstić information content (AvgIpc) is 3.80. The highest BCUT2D eigenvalue weighted by Crippen LogP contribution is 2.38. The number of aromatic nitrogens is 1. The van der Waals surface area contributed by atoms with Crippen LogP contribution in [0.2, 0.25) is 5.02 Å². The molecule has 6 rings (SSSR count). The van der Waals surface area contributed by atoms with Crippen molar-refractivity contribution in [1.29, 1.82) is 0 Å². The number of aryl methyl sites for hydroxylation is 1. The van der Waals surface area contributed by atoms with Crippen LogP contribution in [0.25, 0.3) is 10.1 Å². The first-order valence-electron chi connectivity index (χ1n) is 15.6. The highest BCUT2D eigenvalue weighted by molar-refractivity contribution is 7.17. The minimum Gasteiger partial charge on any atom is -0.481 e. The van der Waals surface area contributed by atoms with Gasteiger partial charge in [-0.1, -0.05) is 29.8 Å². The molecule has 4 aromatic rings. The highest BCUT2D eigenvalue weighted by atomic mass is 35.5. The van der Waals surface area contributed by atoms with Crippen molar-refractivity contribution in [3.63, 3.8) is 0 Å². The Hall–Kier alpha value is -3.63. The molecule has 0 spiro atoms. The van der Waals surface area contributed by atoms with Crippen molar-refractivity contribution < 1.29 is 37.1 Å². The van der Waals surface area contributed by atoms with Gasteiger partial charge in [-0.3, -0.25) is 24.2 Å². The summed E-state index contributed by atoms with van der Waals surface area (Å²) in [6.45, 7) is 0.565. The third kappa shape index (κ3) is 8.40. The number of likely N-dealkylation sites (tertiary alicyclic amines) is 1. The number of carboxylic acids is 1. The standard InChI is InChI=1S/C33H32ClF4N5O4S2/c34-24-11-19(25(35)14-26(24)40-31(47)23-17-48-28-4-2-1-3-22(23)28)12-29(44)43-16-20(42-9-7-41(8-10-42)18-33(36,37)38)13-27(43)32-39-15-21(49-32)5-6-30(45)46/h1-4,11,14-15,17,20,27H,5-10,12-13,16,18H2,(H,40,47)(H,45,46)/t20-,27-/m0/s1. The Kier molecular flexibility index (Phi) is 10.6. The molecule has 0 aliphatic carbocycles. The first-order chi connectivity index (χ1) is 23.3. The smallest absolute Gasteiger partial charge is 0.401 e. The molecule has 2 atom stereocenters. The Labute approximate surface area is 292 Å². The van der Waals surface area contributed by atoms with Crippen molar-refractivity contribution in [2.24, 2.45) is 0 Å². The number of carboxylic acid groups (broad SMARTS) is 1. The second-order valence-corrected chi connectivity index (χ2v) is 14.6. The summed E-state index contributed by atoms with van der Waals surface area (Å²) in [4.78, 5) is 48.3. The predicted octanol–water partition coefficient (Wildman–Crippen LogP) is 6.48. The van der Waals surface area contributed by atoms with Crippen molar-refractivity contribution in [2.75, 3.05) is 44.6 Å². The number of benzene rings is 2. The number of carbonyl (C=O) groups is 3. The summed E-state index contributed by atoms with van der Waals surface area (Å²) < 4.78 is 55.3. The molecule has 0 radical (unpaired) electrons. The summed E-state index contributed by atoms with van der Waals surface area (Å²) in [6.07, 6.45) is -2.32. The van der Waals surface area contributed by atoms with Gasteiger partial charge in [-0.05, 0) is 36.6 Å². The van der Waals surface area contributed by atoms with Crippen LogP contribution < -0.4 is 5.32 Å². The van der Waals surface area contributed by atoms with E-state index >= 15 is 4.39 Å². The molecule has 49 heavy (non-hydrogen) atoms. The zero-order chi connectivity index (χ0) is 34.9. The van der Waals surface area contributed by atoms with E-state index in [1.165, 1.54) is 33.6 Å². The number of hydrogen-bond acceptors (Lipinski definition) is 8. The molecular weight excluding hydrogens is 706 g/mol. The first-order valence-corrected chi connectivity index (χ1v) is 17.7. The van der Waals surface area contributed by atoms with E-state index in [1.54, 1.807) is 16.5 Å². The number of alkyl halides is 3. The van der Waals surface area contributed by atoms with Crippen LogP contribution in [0.1, 0.15) is 44.7 Å². The van der Waals surface area contributed by atoms with Gasteiger partial charge in [-0.25, -0.2) is 9.37 Å². The fraction of sp³-hybridized carbons (Fsp3) is 0.394. The maximum Gasteiger partial charge on any atom is 0.401 e. The summed E-state index contributed by atoms with van der Waals surface area (Å²) in [5.74, 6) is -2.49. The van der Waals surface area contributed by atoms with Gasteiger partial charge in [-0.2, -0.15) is 13.2 Å². The van der Waals surface area contributed by atoms with E-state index in [0.717, 1.165) is 21.0 Å². The lowest BCUT2D eigenvalue weighted by molar-refractivity contribution is -0.150. The Morgan fingerprint density at radius 3 is 2.59 bits per heavy atom. The summed E-state index contributed by atoms with van der Waals surface area (Å²) in [5, 5.41) is 14.9. The van der Waals surface area contributed by atoms with E-state index in [-0.39, 0.29) is 67.1 Å². The van der Waals surface area contributed by atoms with Gasteiger partial charge in [-0.15, -0.1) is 22.7 Å². The molecule has 2 aromatic carbocycles. The molecule has 2 aromatic heterocycles. The maximum atomic E-state index is 15.5. The quantitative estimate of drug-likeness (QED) is 0.180. The largest absolute Gasteiger partial charge is 0.481 e. The fourth-order valence-electron chi connectivity index (χ4n) is 6.38. The summed E-state index contributed by atoms with van der Waals surface area (Å²) in [5.41, 5.74) is 0.537. The number of anilines is 1. The van der Waals surface area contributed by atoms with Crippen LogP contribution >= 0.6 is 34.3 Å². The van der Waals surface area contributed by atoms with Crippen LogP contribution in [-0.2, 0) is 22.4 Å². The topological polar surface area (TPSA) is 106 Å². The number of aliphatic carboxylic acids is 1. The van der Waals surface area contributed by atoms with Gasteiger partial charge in [0.25, 0.3) is 5.91 Å². The van der Waals surface area contributed by atoms with E-state index in [0.29, 0.717) is 30.1 Å². The van der Waals surface area contributed by atoms with Gasteiger partial charge >= 0.3 is 12.1 Å². The van der Waals surface area contributed by atoms with Crippen molar-refractivity contribution >= 4 is 67.8 Å². The normalized spacial score (nSPS) is 19.1. The lowest BCUT2D eigenvalue weighted by Gasteiger charge is -2.38. The van der Waals surface area contributed by atoms with Gasteiger partial charge < -0.3 is 15.3 Å². The van der Waals surface area contributed by atoms with Crippen LogP contribution in [0, 0.1) is 5.82 Å². The molecule has 0 unspecified atom stereocenters. The molecule has 2 aliphatic rings. The molecule has 2 aliphatic heterocycles. The Morgan fingerprint density at radius 2 is 1.86 bits per heavy atom. The molecule has 2 saturated heterocycles. The second kappa shape index (κ2) is 14.7. The van der Waals surface area contributed by atoms with Crippen LogP contribution in [0.15, 0.2) is 48.0 Å². The van der Waals surface area contributed by atoms with Crippen molar-refractivity contribution in [3.05, 3.63) is 79.8 Å². The number of amides is 2. The number of thiazole rings is 1. The second-order valence-electron chi connectivity index (χ2n) is 12.1. The number of fused-ring (bicyclic) bond motifs is 1. The van der Waals surface area contributed by atoms with E-state index in [4.69, 9.17) is 16.7 Å². The zero-order valence-corrected chi connectivity index (χ0v) is 28.4. The van der Waals surface area contributed by atoms with E-state index in [9.17, 15) is 27.6 Å². The molecule has 2 amide bonds. The zero-order valence-electron chi connectivity index (χ0n) is 26.0. The molecule has 2 fully saturated rings. The predicted molar refractivity (Wildman–Crippen MR) is 180 cm³/mol. The Morgan fingerprint density at radius 1 is 1.10 bits per heavy atom. The molecule has 9 nitrogen and oxygen atoms in total. The van der Waals surface area contributed by atoms with Gasteiger partial charge in [0.2, 0.25) is 5.91 Å². The van der Waals surface area contributed by atoms with Crippen LogP contribution in [-0.4, -0.2) is 94.1 Å². The van der Waals surface area contributed by atoms with Crippen LogP contribution in [0.3, 0.4) is 0 Å². The lowest BCUT2D eigenvalue weighted by Crippen LogP contribution is -2.52. The Balaban J connectivity index is 1.17. The lowest BCUT2D eigenvalue weighted by atomic mass is 10.1. The molecule has 4 heterocycles. The monoisotopic (exact) mass is 737 g/mol. The number of nitrogens with one attached hydrogen (secondary N) is 1. The van der Waals surface area contributed by atoms with Crippen molar-refractivity contribution in [2.45, 2.75) is 43.9 Å². The van der Waals surface area contributed by atoms with Gasteiger partial charge in [0, 0.05) is 65.3 Å². The number of piperazine rings is 1. The van der Waals surface area contributed by atoms with Crippen molar-refractivity contribution in [1.82, 2.24) is 19.7 Å². The van der Waals surface area contributed by atoms with Gasteiger partial charge in [0.1, 0.15) is 10.8 Å².